The minimum absolute atomic E-state index is 0.0251. The molecular formula is C11H20NO4+. The number of hydrogen-bond acceptors (Lipinski definition) is 4. The summed E-state index contributed by atoms with van der Waals surface area (Å²) in [6.45, 7) is 7.67. The van der Waals surface area contributed by atoms with E-state index in [0.717, 1.165) is 0 Å². The molecule has 0 bridgehead atoms. The van der Waals surface area contributed by atoms with Crippen LogP contribution in [0.2, 0.25) is 0 Å². The molecule has 0 N–H and O–H groups in total. The van der Waals surface area contributed by atoms with Crippen molar-refractivity contribution in [3.8, 4) is 0 Å². The average molecular weight is 230 g/mol. The lowest BCUT2D eigenvalue weighted by Crippen LogP contribution is -2.48. The molecule has 16 heavy (non-hydrogen) atoms. The third kappa shape index (κ3) is 4.93. The van der Waals surface area contributed by atoms with Crippen LogP contribution in [0.3, 0.4) is 0 Å². The van der Waals surface area contributed by atoms with E-state index < -0.39 is 5.97 Å². The Bertz CT molecular complexity index is 284. The number of nitrogens with zero attached hydrogens (tertiary/aromatic N) is 1. The lowest BCUT2D eigenvalue weighted by Gasteiger charge is -2.24. The first-order chi connectivity index (χ1) is 7.31. The van der Waals surface area contributed by atoms with Crippen LogP contribution in [0, 0.1) is 0 Å². The number of likely N-dealkylation sites (N-methyl/N-ethyl adjacent to an activating group) is 1. The molecule has 0 aliphatic heterocycles. The largest absolute Gasteiger partial charge is 0.515 e. The van der Waals surface area contributed by atoms with Crippen LogP contribution in [0.4, 0.5) is 4.79 Å². The first-order valence-corrected chi connectivity index (χ1v) is 5.14. The van der Waals surface area contributed by atoms with Gasteiger partial charge in [0, 0.05) is 5.57 Å². The third-order valence-corrected chi connectivity index (χ3v) is 1.99. The Morgan fingerprint density at radius 1 is 1.25 bits per heavy atom. The van der Waals surface area contributed by atoms with Gasteiger partial charge >= 0.3 is 12.1 Å². The maximum atomic E-state index is 11.5. The highest BCUT2D eigenvalue weighted by Gasteiger charge is 2.28. The number of hydrogen-bond donors (Lipinski definition) is 0. The molecule has 0 saturated carbocycles. The third-order valence-electron chi connectivity index (χ3n) is 1.99. The van der Waals surface area contributed by atoms with Gasteiger partial charge in [0.1, 0.15) is 13.2 Å². The van der Waals surface area contributed by atoms with Crippen molar-refractivity contribution in [2.24, 2.45) is 0 Å². The molecule has 0 saturated heterocycles. The summed E-state index contributed by atoms with van der Waals surface area (Å²) in [6, 6.07) is 0. The summed E-state index contributed by atoms with van der Waals surface area (Å²) >= 11 is 0. The van der Waals surface area contributed by atoms with E-state index in [4.69, 9.17) is 9.47 Å². The molecule has 0 rings (SSSR count). The fraction of sp³-hybridized carbons (Fsp3) is 0.636. The molecule has 0 aliphatic carbocycles. The molecule has 0 unspecified atom stereocenters. The number of ether oxygens (including phenoxy) is 2. The average Bonchev–Trinajstić information content (AvgIpc) is 2.17. The van der Waals surface area contributed by atoms with Crippen LogP contribution < -0.4 is 0 Å². The molecule has 5 heteroatoms. The zero-order chi connectivity index (χ0) is 12.8. The van der Waals surface area contributed by atoms with E-state index in [1.165, 1.54) is 0 Å². The summed E-state index contributed by atoms with van der Waals surface area (Å²) in [7, 11) is 3.40. The second-order valence-corrected chi connectivity index (χ2v) is 4.02. The van der Waals surface area contributed by atoms with Gasteiger partial charge in [-0.25, -0.2) is 9.28 Å². The van der Waals surface area contributed by atoms with E-state index in [-0.39, 0.29) is 17.2 Å². The molecule has 5 nitrogen and oxygen atoms in total. The Kier molecular flexibility index (Phi) is 5.74. The van der Waals surface area contributed by atoms with Gasteiger partial charge in [0.05, 0.1) is 20.7 Å². The molecule has 1 amide bonds. The SMILES string of the molecule is C=C(C)C(=O)OCC[N+](C)(C)C(=O)OCC. The van der Waals surface area contributed by atoms with Crippen LogP contribution in [-0.2, 0) is 14.3 Å². The van der Waals surface area contributed by atoms with Crippen molar-refractivity contribution in [3.05, 3.63) is 12.2 Å². The van der Waals surface area contributed by atoms with Crippen LogP contribution >= 0.6 is 0 Å². The molecule has 0 heterocycles. The fourth-order valence-corrected chi connectivity index (χ4v) is 0.879. The van der Waals surface area contributed by atoms with E-state index in [1.54, 1.807) is 27.9 Å². The maximum Gasteiger partial charge on any atom is 0.515 e. The van der Waals surface area contributed by atoms with Gasteiger partial charge in [-0.1, -0.05) is 6.58 Å². The molecule has 0 fully saturated rings. The Morgan fingerprint density at radius 2 is 1.81 bits per heavy atom. The first kappa shape index (κ1) is 14.6. The van der Waals surface area contributed by atoms with Crippen LogP contribution in [0.5, 0.6) is 0 Å². The topological polar surface area (TPSA) is 52.6 Å². The zero-order valence-corrected chi connectivity index (χ0v) is 10.4. The van der Waals surface area contributed by atoms with E-state index in [1.807, 2.05) is 0 Å². The molecule has 0 aromatic rings. The normalized spacial score (nSPS) is 10.8. The Labute approximate surface area is 96.2 Å². The van der Waals surface area contributed by atoms with Gasteiger partial charge in [-0.05, 0) is 13.8 Å². The lowest BCUT2D eigenvalue weighted by atomic mass is 10.4. The quantitative estimate of drug-likeness (QED) is 0.406. The van der Waals surface area contributed by atoms with Gasteiger partial charge < -0.3 is 9.47 Å². The van der Waals surface area contributed by atoms with Crippen LogP contribution in [-0.4, -0.2) is 50.4 Å². The van der Waals surface area contributed by atoms with Crippen molar-refractivity contribution < 1.29 is 23.5 Å². The van der Waals surface area contributed by atoms with Crippen molar-refractivity contribution in [1.82, 2.24) is 0 Å². The Balaban J connectivity index is 4.04. The van der Waals surface area contributed by atoms with Crippen LogP contribution in [0.25, 0.3) is 0 Å². The maximum absolute atomic E-state index is 11.5. The summed E-state index contributed by atoms with van der Waals surface area (Å²) in [5, 5.41) is 0. The van der Waals surface area contributed by atoms with Crippen LogP contribution in [0.15, 0.2) is 12.2 Å². The predicted octanol–water partition coefficient (Wildman–Crippen LogP) is 1.34. The molecule has 0 spiro atoms. The van der Waals surface area contributed by atoms with E-state index in [9.17, 15) is 9.59 Å². The Morgan fingerprint density at radius 3 is 2.25 bits per heavy atom. The monoisotopic (exact) mass is 230 g/mol. The highest BCUT2D eigenvalue weighted by atomic mass is 16.6. The number of carbonyl (C=O) groups excluding carboxylic acids is 2. The van der Waals surface area contributed by atoms with E-state index >= 15 is 0 Å². The summed E-state index contributed by atoms with van der Waals surface area (Å²) < 4.78 is 9.82. The second kappa shape index (κ2) is 6.27. The van der Waals surface area contributed by atoms with Crippen molar-refractivity contribution >= 4 is 12.1 Å². The smallest absolute Gasteiger partial charge is 0.456 e. The first-order valence-electron chi connectivity index (χ1n) is 5.14. The van der Waals surface area contributed by atoms with Gasteiger partial charge in [0.15, 0.2) is 0 Å². The number of amides is 1. The predicted molar refractivity (Wildman–Crippen MR) is 59.8 cm³/mol. The van der Waals surface area contributed by atoms with Gasteiger partial charge in [-0.3, -0.25) is 0 Å². The minimum atomic E-state index is -0.441. The molecule has 0 atom stereocenters. The number of rotatable bonds is 5. The molecule has 92 valence electrons. The van der Waals surface area contributed by atoms with E-state index in [2.05, 4.69) is 6.58 Å². The molecule has 0 radical (unpaired) electrons. The number of quaternary nitrogens is 1. The van der Waals surface area contributed by atoms with E-state index in [0.29, 0.717) is 18.7 Å². The molecule has 0 aromatic heterocycles. The van der Waals surface area contributed by atoms with Crippen molar-refractivity contribution in [3.63, 3.8) is 0 Å². The molecule has 0 aliphatic rings. The van der Waals surface area contributed by atoms with Gasteiger partial charge in [-0.2, -0.15) is 4.79 Å². The minimum Gasteiger partial charge on any atom is -0.456 e. The molecule has 0 aromatic carbocycles. The summed E-state index contributed by atoms with van der Waals surface area (Å²) in [5.41, 5.74) is 0.349. The van der Waals surface area contributed by atoms with Crippen LogP contribution in [0.1, 0.15) is 13.8 Å². The summed E-state index contributed by atoms with van der Waals surface area (Å²) in [5.74, 6) is -0.441. The summed E-state index contributed by atoms with van der Waals surface area (Å²) in [4.78, 5) is 22.5. The van der Waals surface area contributed by atoms with Gasteiger partial charge in [0.2, 0.25) is 0 Å². The number of carbonyl (C=O) groups is 2. The van der Waals surface area contributed by atoms with Crippen molar-refractivity contribution in [2.45, 2.75) is 13.8 Å². The van der Waals surface area contributed by atoms with Gasteiger partial charge in [-0.15, -0.1) is 0 Å². The standard InChI is InChI=1S/C11H20NO4/c1-6-15-11(14)12(4,5)7-8-16-10(13)9(2)3/h2,6-8H2,1,3-5H3/q+1. The fourth-order valence-electron chi connectivity index (χ4n) is 0.879. The zero-order valence-electron chi connectivity index (χ0n) is 10.4. The second-order valence-electron chi connectivity index (χ2n) is 4.02. The van der Waals surface area contributed by atoms with Gasteiger partial charge in [0.25, 0.3) is 0 Å². The lowest BCUT2D eigenvalue weighted by molar-refractivity contribution is -0.817. The van der Waals surface area contributed by atoms with Crippen molar-refractivity contribution in [2.75, 3.05) is 33.9 Å². The molecular weight excluding hydrogens is 210 g/mol. The Hall–Kier alpha value is -1.36. The highest BCUT2D eigenvalue weighted by Crippen LogP contribution is 2.02. The summed E-state index contributed by atoms with van der Waals surface area (Å²) in [6.07, 6.45) is -0.339. The highest BCUT2D eigenvalue weighted by molar-refractivity contribution is 5.86. The number of esters is 1. The van der Waals surface area contributed by atoms with Crippen molar-refractivity contribution in [1.29, 1.82) is 0 Å².